The fourth-order valence-electron chi connectivity index (χ4n) is 2.16. The van der Waals surface area contributed by atoms with E-state index >= 15 is 0 Å². The minimum atomic E-state index is -1.02. The predicted octanol–water partition coefficient (Wildman–Crippen LogP) is 0.923. The van der Waals surface area contributed by atoms with Crippen LogP contribution in [0.4, 0.5) is 5.82 Å². The Bertz CT molecular complexity index is 583. The number of hydrogen-bond acceptors (Lipinski definition) is 5. The Morgan fingerprint density at radius 1 is 1.52 bits per heavy atom. The number of nitrogens with zero attached hydrogens (tertiary/aromatic N) is 2. The van der Waals surface area contributed by atoms with Crippen LogP contribution in [-0.2, 0) is 9.47 Å². The van der Waals surface area contributed by atoms with Gasteiger partial charge in [0.15, 0.2) is 0 Å². The van der Waals surface area contributed by atoms with Gasteiger partial charge in [0.2, 0.25) is 0 Å². The lowest BCUT2D eigenvalue weighted by Gasteiger charge is -2.28. The van der Waals surface area contributed by atoms with Crippen LogP contribution in [0.15, 0.2) is 6.07 Å². The second kappa shape index (κ2) is 7.07. The third-order valence-corrected chi connectivity index (χ3v) is 3.18. The Kier molecular flexibility index (Phi) is 5.14. The maximum atomic E-state index is 11.4. The largest absolute Gasteiger partial charge is 0.478 e. The standard InChI is InChI=1S/C15H18N2O4/c1-11-10-13(17-5-8-21-9-6-17)16-12(4-3-7-20-2)14(11)15(18)19/h10H,5-9H2,1-2H3,(H,18,19). The van der Waals surface area contributed by atoms with Crippen LogP contribution in [0.1, 0.15) is 21.6 Å². The number of anilines is 1. The third-order valence-electron chi connectivity index (χ3n) is 3.18. The van der Waals surface area contributed by atoms with Crippen molar-refractivity contribution in [2.24, 2.45) is 0 Å². The monoisotopic (exact) mass is 290 g/mol. The smallest absolute Gasteiger partial charge is 0.338 e. The number of carboxylic acid groups (broad SMARTS) is 1. The molecule has 0 unspecified atom stereocenters. The van der Waals surface area contributed by atoms with Crippen LogP contribution in [0.3, 0.4) is 0 Å². The van der Waals surface area contributed by atoms with Gasteiger partial charge in [-0.1, -0.05) is 5.92 Å². The first-order chi connectivity index (χ1) is 10.1. The lowest BCUT2D eigenvalue weighted by atomic mass is 10.1. The highest BCUT2D eigenvalue weighted by atomic mass is 16.5. The number of aromatic carboxylic acids is 1. The quantitative estimate of drug-likeness (QED) is 0.835. The van der Waals surface area contributed by atoms with Gasteiger partial charge in [0.25, 0.3) is 0 Å². The molecule has 2 rings (SSSR count). The maximum Gasteiger partial charge on any atom is 0.338 e. The number of morpholine rings is 1. The van der Waals surface area contributed by atoms with Gasteiger partial charge >= 0.3 is 5.97 Å². The molecule has 2 heterocycles. The summed E-state index contributed by atoms with van der Waals surface area (Å²) in [6.45, 7) is 4.77. The Morgan fingerprint density at radius 3 is 2.86 bits per heavy atom. The van der Waals surface area contributed by atoms with E-state index in [0.717, 1.165) is 18.9 Å². The van der Waals surface area contributed by atoms with Gasteiger partial charge in [0.1, 0.15) is 18.1 Å². The highest BCUT2D eigenvalue weighted by Crippen LogP contribution is 2.20. The number of methoxy groups -OCH3 is 1. The Labute approximate surface area is 123 Å². The van der Waals surface area contributed by atoms with E-state index in [1.165, 1.54) is 7.11 Å². The van der Waals surface area contributed by atoms with Gasteiger partial charge in [-0.15, -0.1) is 0 Å². The number of rotatable bonds is 3. The lowest BCUT2D eigenvalue weighted by Crippen LogP contribution is -2.37. The molecule has 21 heavy (non-hydrogen) atoms. The molecule has 6 nitrogen and oxygen atoms in total. The summed E-state index contributed by atoms with van der Waals surface area (Å²) >= 11 is 0. The summed E-state index contributed by atoms with van der Waals surface area (Å²) in [5.74, 6) is 5.27. The fourth-order valence-corrected chi connectivity index (χ4v) is 2.16. The predicted molar refractivity (Wildman–Crippen MR) is 77.7 cm³/mol. The van der Waals surface area contributed by atoms with Crippen molar-refractivity contribution >= 4 is 11.8 Å². The summed E-state index contributed by atoms with van der Waals surface area (Å²) in [5, 5.41) is 9.33. The van der Waals surface area contributed by atoms with Crippen molar-refractivity contribution in [3.05, 3.63) is 22.9 Å². The minimum absolute atomic E-state index is 0.149. The summed E-state index contributed by atoms with van der Waals surface area (Å²) < 4.78 is 10.2. The zero-order valence-electron chi connectivity index (χ0n) is 12.2. The second-order valence-electron chi connectivity index (χ2n) is 4.66. The van der Waals surface area contributed by atoms with Gasteiger partial charge in [-0.3, -0.25) is 0 Å². The number of pyridine rings is 1. The van der Waals surface area contributed by atoms with Crippen LogP contribution in [-0.4, -0.2) is 56.1 Å². The maximum absolute atomic E-state index is 11.4. The molecule has 0 aliphatic carbocycles. The number of aromatic nitrogens is 1. The average Bonchev–Trinajstić information content (AvgIpc) is 2.47. The van der Waals surface area contributed by atoms with Crippen LogP contribution >= 0.6 is 0 Å². The molecule has 1 aliphatic rings. The van der Waals surface area contributed by atoms with E-state index in [1.54, 1.807) is 13.0 Å². The van der Waals surface area contributed by atoms with Crippen molar-refractivity contribution < 1.29 is 19.4 Å². The molecule has 1 N–H and O–H groups in total. The summed E-state index contributed by atoms with van der Waals surface area (Å²) in [6.07, 6.45) is 0. The fraction of sp³-hybridized carbons (Fsp3) is 0.467. The molecule has 1 aromatic rings. The summed E-state index contributed by atoms with van der Waals surface area (Å²) in [6, 6.07) is 1.79. The molecule has 1 aromatic heterocycles. The van der Waals surface area contributed by atoms with E-state index in [-0.39, 0.29) is 17.9 Å². The first-order valence-electron chi connectivity index (χ1n) is 6.69. The number of hydrogen-bond donors (Lipinski definition) is 1. The molecule has 112 valence electrons. The van der Waals surface area contributed by atoms with Crippen molar-refractivity contribution in [2.45, 2.75) is 6.92 Å². The van der Waals surface area contributed by atoms with E-state index in [1.807, 2.05) is 0 Å². The van der Waals surface area contributed by atoms with Gasteiger partial charge in [-0.25, -0.2) is 9.78 Å². The van der Waals surface area contributed by atoms with Crippen LogP contribution in [0, 0.1) is 18.8 Å². The summed E-state index contributed by atoms with van der Waals surface area (Å²) in [4.78, 5) is 17.9. The molecule has 0 spiro atoms. The molecule has 0 radical (unpaired) electrons. The highest BCUT2D eigenvalue weighted by Gasteiger charge is 2.19. The molecule has 1 aliphatic heterocycles. The minimum Gasteiger partial charge on any atom is -0.478 e. The molecular formula is C15H18N2O4. The van der Waals surface area contributed by atoms with Crippen molar-refractivity contribution in [1.82, 2.24) is 4.98 Å². The third kappa shape index (κ3) is 3.72. The van der Waals surface area contributed by atoms with Crippen molar-refractivity contribution in [3.63, 3.8) is 0 Å². The van der Waals surface area contributed by atoms with E-state index in [0.29, 0.717) is 18.8 Å². The molecule has 6 heteroatoms. The Hall–Kier alpha value is -2.10. The van der Waals surface area contributed by atoms with Gasteiger partial charge in [-0.05, 0) is 24.5 Å². The normalized spacial score (nSPS) is 14.5. The van der Waals surface area contributed by atoms with Crippen LogP contribution in [0.5, 0.6) is 0 Å². The molecule has 0 saturated carbocycles. The van der Waals surface area contributed by atoms with E-state index in [9.17, 15) is 9.90 Å². The van der Waals surface area contributed by atoms with Crippen LogP contribution in [0.25, 0.3) is 0 Å². The summed E-state index contributed by atoms with van der Waals surface area (Å²) in [5.41, 5.74) is 1.08. The van der Waals surface area contributed by atoms with Crippen LogP contribution < -0.4 is 4.90 Å². The second-order valence-corrected chi connectivity index (χ2v) is 4.66. The van der Waals surface area contributed by atoms with E-state index < -0.39 is 5.97 Å². The molecular weight excluding hydrogens is 272 g/mol. The number of carboxylic acids is 1. The lowest BCUT2D eigenvalue weighted by molar-refractivity contribution is 0.0695. The molecule has 0 aromatic carbocycles. The molecule has 1 saturated heterocycles. The summed E-state index contributed by atoms with van der Waals surface area (Å²) in [7, 11) is 1.54. The van der Waals surface area contributed by atoms with Crippen LogP contribution in [0.2, 0.25) is 0 Å². The Balaban J connectivity index is 2.41. The van der Waals surface area contributed by atoms with E-state index in [4.69, 9.17) is 9.47 Å². The number of ether oxygens (including phenoxy) is 2. The van der Waals surface area contributed by atoms with Gasteiger partial charge < -0.3 is 19.5 Å². The highest BCUT2D eigenvalue weighted by molar-refractivity contribution is 5.92. The molecule has 0 bridgehead atoms. The van der Waals surface area contributed by atoms with Crippen molar-refractivity contribution in [2.75, 3.05) is 44.9 Å². The molecule has 0 atom stereocenters. The number of aryl methyl sites for hydroxylation is 1. The average molecular weight is 290 g/mol. The first-order valence-corrected chi connectivity index (χ1v) is 6.69. The molecule has 0 amide bonds. The van der Waals surface area contributed by atoms with Crippen molar-refractivity contribution in [3.8, 4) is 11.8 Å². The van der Waals surface area contributed by atoms with Gasteiger partial charge in [-0.2, -0.15) is 0 Å². The first kappa shape index (κ1) is 15.3. The molecule has 1 fully saturated rings. The number of carbonyl (C=O) groups is 1. The Morgan fingerprint density at radius 2 is 2.24 bits per heavy atom. The zero-order valence-corrected chi connectivity index (χ0v) is 12.2. The van der Waals surface area contributed by atoms with Crippen molar-refractivity contribution in [1.29, 1.82) is 0 Å². The van der Waals surface area contributed by atoms with E-state index in [2.05, 4.69) is 21.7 Å². The SMILES string of the molecule is COCC#Cc1nc(N2CCOCC2)cc(C)c1C(=O)O. The zero-order chi connectivity index (χ0) is 15.2. The topological polar surface area (TPSA) is 71.9 Å². The van der Waals surface area contributed by atoms with Gasteiger partial charge in [0.05, 0.1) is 18.8 Å². The van der Waals surface area contributed by atoms with Gasteiger partial charge in [0, 0.05) is 20.2 Å².